The van der Waals surface area contributed by atoms with Gasteiger partial charge in [-0.3, -0.25) is 10.1 Å². The number of hydrogen-bond donors (Lipinski definition) is 3. The number of nitrogens with zero attached hydrogens (tertiary/aromatic N) is 2. The quantitative estimate of drug-likeness (QED) is 0.299. The minimum absolute atomic E-state index is 0.0513. The van der Waals surface area contributed by atoms with Gasteiger partial charge in [-0.15, -0.1) is 10.2 Å². The van der Waals surface area contributed by atoms with Gasteiger partial charge in [-0.2, -0.15) is 26.3 Å². The van der Waals surface area contributed by atoms with E-state index >= 15 is 0 Å². The van der Waals surface area contributed by atoms with Gasteiger partial charge >= 0.3 is 18.4 Å². The lowest BCUT2D eigenvalue weighted by molar-refractivity contribution is -0.143. The molecule has 0 saturated carbocycles. The van der Waals surface area contributed by atoms with Crippen LogP contribution in [0.1, 0.15) is 31.4 Å². The molecule has 0 aliphatic rings. The van der Waals surface area contributed by atoms with Crippen LogP contribution in [0.4, 0.5) is 42.0 Å². The molecule has 0 saturated heterocycles. The maximum atomic E-state index is 13.1. The first-order valence-electron chi connectivity index (χ1n) is 10.8. The smallest absolute Gasteiger partial charge is 0.326 e. The number of amides is 3. The van der Waals surface area contributed by atoms with Crippen molar-refractivity contribution in [3.63, 3.8) is 0 Å². The van der Waals surface area contributed by atoms with Gasteiger partial charge in [0.05, 0.1) is 11.1 Å². The maximum absolute atomic E-state index is 13.1. The number of nitrogens with one attached hydrogen (secondary N) is 3. The van der Waals surface area contributed by atoms with Gasteiger partial charge in [-0.25, -0.2) is 4.79 Å². The molecule has 3 rings (SSSR count). The molecule has 37 heavy (non-hydrogen) atoms. The van der Waals surface area contributed by atoms with Crippen molar-refractivity contribution in [1.29, 1.82) is 0 Å². The van der Waals surface area contributed by atoms with Crippen LogP contribution >= 0.6 is 11.3 Å². The molecule has 3 aromatic rings. The number of carbonyl (C=O) groups is 2. The van der Waals surface area contributed by atoms with Crippen LogP contribution in [-0.4, -0.2) is 28.2 Å². The zero-order valence-corrected chi connectivity index (χ0v) is 20.2. The second-order valence-corrected chi connectivity index (χ2v) is 9.00. The van der Waals surface area contributed by atoms with Crippen LogP contribution in [0.25, 0.3) is 10.6 Å². The predicted octanol–water partition coefficient (Wildman–Crippen LogP) is 6.42. The molecular formula is C23H21F6N5O2S. The third-order valence-electron chi connectivity index (χ3n) is 5.30. The fourth-order valence-corrected chi connectivity index (χ4v) is 3.94. The minimum Gasteiger partial charge on any atom is -0.326 e. The van der Waals surface area contributed by atoms with E-state index in [4.69, 9.17) is 0 Å². The number of urea groups is 1. The van der Waals surface area contributed by atoms with E-state index in [2.05, 4.69) is 20.8 Å². The van der Waals surface area contributed by atoms with Gasteiger partial charge in [0.1, 0.15) is 11.0 Å². The maximum Gasteiger partial charge on any atom is 0.416 e. The van der Waals surface area contributed by atoms with E-state index < -0.39 is 53.1 Å². The zero-order valence-electron chi connectivity index (χ0n) is 19.4. The number of anilines is 2. The summed E-state index contributed by atoms with van der Waals surface area (Å²) in [5.74, 6) is -1.13. The molecule has 14 heteroatoms. The van der Waals surface area contributed by atoms with Gasteiger partial charge in [0.25, 0.3) is 0 Å². The largest absolute Gasteiger partial charge is 0.416 e. The molecule has 1 heterocycles. The van der Waals surface area contributed by atoms with Crippen LogP contribution in [0.5, 0.6) is 0 Å². The molecular weight excluding hydrogens is 524 g/mol. The second-order valence-electron chi connectivity index (χ2n) is 8.02. The molecule has 3 N–H and O–H groups in total. The third kappa shape index (κ3) is 7.41. The van der Waals surface area contributed by atoms with Crippen molar-refractivity contribution in [2.75, 3.05) is 10.6 Å². The lowest BCUT2D eigenvalue weighted by Gasteiger charge is -2.23. The number of benzene rings is 2. The molecule has 0 radical (unpaired) electrons. The van der Waals surface area contributed by atoms with E-state index in [1.54, 1.807) is 38.1 Å². The predicted molar refractivity (Wildman–Crippen MR) is 126 cm³/mol. The van der Waals surface area contributed by atoms with E-state index in [0.717, 1.165) is 16.9 Å². The molecule has 1 aromatic heterocycles. The summed E-state index contributed by atoms with van der Waals surface area (Å²) in [5.41, 5.74) is -3.13. The summed E-state index contributed by atoms with van der Waals surface area (Å²) in [4.78, 5) is 25.4. The van der Waals surface area contributed by atoms with Crippen molar-refractivity contribution in [2.45, 2.75) is 38.7 Å². The summed E-state index contributed by atoms with van der Waals surface area (Å²) in [5, 5.41) is 15.4. The van der Waals surface area contributed by atoms with Crippen LogP contribution in [-0.2, 0) is 17.1 Å². The summed E-state index contributed by atoms with van der Waals surface area (Å²) in [7, 11) is 0. The van der Waals surface area contributed by atoms with Gasteiger partial charge in [0.15, 0.2) is 0 Å². The van der Waals surface area contributed by atoms with E-state index in [1.165, 1.54) is 0 Å². The van der Waals surface area contributed by atoms with E-state index in [1.807, 2.05) is 11.4 Å². The van der Waals surface area contributed by atoms with Crippen LogP contribution in [0.3, 0.4) is 0 Å². The Labute approximate surface area is 211 Å². The van der Waals surface area contributed by atoms with Crippen molar-refractivity contribution in [3.05, 3.63) is 59.7 Å². The standard InChI is InChI=1S/C23H21F6N5O2S/c1-3-12(2)17(18(35)32-21-34-33-19(37-21)13-7-5-4-6-8-13)31-20(36)30-16-10-14(22(24,25)26)9-15(11-16)23(27,28)29/h4-12,17H,3H2,1-2H3,(H2,30,31,36)(H,32,34,35). The minimum atomic E-state index is -5.08. The van der Waals surface area contributed by atoms with Gasteiger partial charge in [-0.05, 0) is 24.1 Å². The third-order valence-corrected chi connectivity index (χ3v) is 6.19. The monoisotopic (exact) mass is 545 g/mol. The highest BCUT2D eigenvalue weighted by atomic mass is 32.1. The first-order valence-corrected chi connectivity index (χ1v) is 11.7. The number of hydrogen-bond acceptors (Lipinski definition) is 5. The Morgan fingerprint density at radius 2 is 1.51 bits per heavy atom. The summed E-state index contributed by atoms with van der Waals surface area (Å²) >= 11 is 1.08. The van der Waals surface area contributed by atoms with Gasteiger partial charge in [0.2, 0.25) is 11.0 Å². The Hall–Kier alpha value is -3.68. The SMILES string of the molecule is CCC(C)C(NC(=O)Nc1cc(C(F)(F)F)cc(C(F)(F)F)c1)C(=O)Nc1nnc(-c2ccccc2)s1. The Bertz CT molecular complexity index is 1210. The van der Waals surface area contributed by atoms with E-state index in [-0.39, 0.29) is 11.2 Å². The molecule has 2 atom stereocenters. The van der Waals surface area contributed by atoms with Crippen LogP contribution in [0.15, 0.2) is 48.5 Å². The molecule has 0 bridgehead atoms. The topological polar surface area (TPSA) is 96.0 Å². The number of aromatic nitrogens is 2. The average molecular weight is 546 g/mol. The molecule has 0 aliphatic carbocycles. The molecule has 3 amide bonds. The highest BCUT2D eigenvalue weighted by Gasteiger charge is 2.37. The van der Waals surface area contributed by atoms with Crippen molar-refractivity contribution in [3.8, 4) is 10.6 Å². The van der Waals surface area contributed by atoms with E-state index in [0.29, 0.717) is 23.6 Å². The lowest BCUT2D eigenvalue weighted by Crippen LogP contribution is -2.49. The van der Waals surface area contributed by atoms with E-state index in [9.17, 15) is 35.9 Å². The Morgan fingerprint density at radius 1 is 0.919 bits per heavy atom. The molecule has 0 fully saturated rings. The highest BCUT2D eigenvalue weighted by Crippen LogP contribution is 2.37. The van der Waals surface area contributed by atoms with Crippen molar-refractivity contribution < 1.29 is 35.9 Å². The highest BCUT2D eigenvalue weighted by molar-refractivity contribution is 7.18. The summed E-state index contributed by atoms with van der Waals surface area (Å²) < 4.78 is 78.6. The molecule has 0 spiro atoms. The van der Waals surface area contributed by atoms with Crippen LogP contribution in [0.2, 0.25) is 0 Å². The number of rotatable bonds is 7. The van der Waals surface area contributed by atoms with Gasteiger partial charge in [-0.1, -0.05) is 61.9 Å². The lowest BCUT2D eigenvalue weighted by atomic mass is 9.98. The van der Waals surface area contributed by atoms with Crippen molar-refractivity contribution in [2.24, 2.45) is 5.92 Å². The molecule has 2 aromatic carbocycles. The number of alkyl halides is 6. The fourth-order valence-electron chi connectivity index (χ4n) is 3.19. The van der Waals surface area contributed by atoms with Crippen molar-refractivity contribution >= 4 is 34.1 Å². The molecule has 7 nitrogen and oxygen atoms in total. The van der Waals surface area contributed by atoms with Gasteiger partial charge in [0, 0.05) is 11.3 Å². The molecule has 198 valence electrons. The summed E-state index contributed by atoms with van der Waals surface area (Å²) in [6, 6.07) is 7.40. The summed E-state index contributed by atoms with van der Waals surface area (Å²) in [6.07, 6.45) is -9.73. The first-order chi connectivity index (χ1) is 17.3. The Balaban J connectivity index is 1.76. The average Bonchev–Trinajstić information content (AvgIpc) is 3.29. The van der Waals surface area contributed by atoms with Gasteiger partial charge < -0.3 is 10.6 Å². The second kappa shape index (κ2) is 11.2. The number of halogens is 6. The molecule has 0 aliphatic heterocycles. The Kier molecular flexibility index (Phi) is 8.41. The zero-order chi connectivity index (χ0) is 27.4. The molecule has 2 unspecified atom stereocenters. The fraction of sp³-hybridized carbons (Fsp3) is 0.304. The van der Waals surface area contributed by atoms with Crippen LogP contribution in [0, 0.1) is 5.92 Å². The first kappa shape index (κ1) is 27.9. The number of carbonyl (C=O) groups excluding carboxylic acids is 2. The summed E-state index contributed by atoms with van der Waals surface area (Å²) in [6.45, 7) is 3.39. The van der Waals surface area contributed by atoms with Crippen molar-refractivity contribution in [1.82, 2.24) is 15.5 Å². The van der Waals surface area contributed by atoms with Crippen LogP contribution < -0.4 is 16.0 Å². The normalized spacial score (nSPS) is 13.5. The Morgan fingerprint density at radius 3 is 2.05 bits per heavy atom.